The number of amides is 1. The molecule has 5 nitrogen and oxygen atoms in total. The van der Waals surface area contributed by atoms with Gasteiger partial charge in [0, 0.05) is 16.9 Å². The van der Waals surface area contributed by atoms with Crippen LogP contribution in [0.3, 0.4) is 0 Å². The molecule has 0 saturated heterocycles. The molecule has 0 radical (unpaired) electrons. The Balaban J connectivity index is 2.23. The third-order valence-electron chi connectivity index (χ3n) is 3.16. The Bertz CT molecular complexity index is 708. The maximum atomic E-state index is 12.3. The summed E-state index contributed by atoms with van der Waals surface area (Å²) in [4.78, 5) is 16.5. The highest BCUT2D eigenvalue weighted by Crippen LogP contribution is 2.14. The molecular weight excluding hydrogens is 266 g/mol. The number of carbonyl (C=O) groups excluding carboxylic acids is 1. The number of aryl methyl sites for hydroxylation is 2. The van der Waals surface area contributed by atoms with Crippen LogP contribution in [-0.4, -0.2) is 21.8 Å². The summed E-state index contributed by atoms with van der Waals surface area (Å²) >= 11 is 0. The van der Waals surface area contributed by atoms with Crippen molar-refractivity contribution < 1.29 is 10.0 Å². The Morgan fingerprint density at radius 3 is 2.67 bits per heavy atom. The third kappa shape index (κ3) is 3.45. The number of pyridine rings is 1. The van der Waals surface area contributed by atoms with E-state index in [0.29, 0.717) is 22.7 Å². The van der Waals surface area contributed by atoms with Crippen molar-refractivity contribution in [2.24, 2.45) is 5.16 Å². The third-order valence-corrected chi connectivity index (χ3v) is 3.16. The van der Waals surface area contributed by atoms with Crippen LogP contribution < -0.4 is 5.32 Å². The van der Waals surface area contributed by atoms with Crippen LogP contribution in [0, 0.1) is 13.8 Å². The maximum absolute atomic E-state index is 12.3. The van der Waals surface area contributed by atoms with Gasteiger partial charge in [-0.15, -0.1) is 0 Å². The van der Waals surface area contributed by atoms with Gasteiger partial charge in [0.2, 0.25) is 0 Å². The van der Waals surface area contributed by atoms with Crippen molar-refractivity contribution >= 4 is 17.3 Å². The average Bonchev–Trinajstić information content (AvgIpc) is 2.46. The number of hydrogen-bond donors (Lipinski definition) is 2. The fourth-order valence-electron chi connectivity index (χ4n) is 2.00. The Morgan fingerprint density at radius 1 is 1.24 bits per heavy atom. The first-order valence-corrected chi connectivity index (χ1v) is 6.56. The highest BCUT2D eigenvalue weighted by Gasteiger charge is 2.10. The zero-order valence-corrected chi connectivity index (χ0v) is 12.2. The average molecular weight is 283 g/mol. The van der Waals surface area contributed by atoms with Gasteiger partial charge < -0.3 is 10.5 Å². The topological polar surface area (TPSA) is 74.6 Å². The smallest absolute Gasteiger partial charge is 0.257 e. The van der Waals surface area contributed by atoms with Crippen LogP contribution in [0.5, 0.6) is 0 Å². The number of aromatic nitrogens is 1. The highest BCUT2D eigenvalue weighted by molar-refractivity contribution is 6.06. The maximum Gasteiger partial charge on any atom is 0.257 e. The number of anilines is 1. The van der Waals surface area contributed by atoms with E-state index in [1.807, 2.05) is 13.0 Å². The molecule has 1 aromatic heterocycles. The summed E-state index contributed by atoms with van der Waals surface area (Å²) in [5, 5.41) is 14.8. The number of oxime groups is 1. The van der Waals surface area contributed by atoms with E-state index >= 15 is 0 Å². The molecule has 0 aliphatic rings. The second kappa shape index (κ2) is 6.17. The number of carbonyl (C=O) groups is 1. The van der Waals surface area contributed by atoms with Gasteiger partial charge in [0.25, 0.3) is 5.91 Å². The zero-order valence-electron chi connectivity index (χ0n) is 12.2. The van der Waals surface area contributed by atoms with E-state index in [0.717, 1.165) is 11.3 Å². The molecule has 0 unspecified atom stereocenters. The number of benzene rings is 1. The fraction of sp³-hybridized carbons (Fsp3) is 0.188. The first-order chi connectivity index (χ1) is 10.0. The molecule has 0 fully saturated rings. The Labute approximate surface area is 123 Å². The first-order valence-electron chi connectivity index (χ1n) is 6.56. The van der Waals surface area contributed by atoms with Gasteiger partial charge >= 0.3 is 0 Å². The molecular formula is C16H17N3O2. The van der Waals surface area contributed by atoms with E-state index < -0.39 is 0 Å². The second-order valence-corrected chi connectivity index (χ2v) is 4.81. The lowest BCUT2D eigenvalue weighted by atomic mass is 10.1. The molecule has 5 heteroatoms. The molecule has 21 heavy (non-hydrogen) atoms. The monoisotopic (exact) mass is 283 g/mol. The minimum Gasteiger partial charge on any atom is -0.411 e. The van der Waals surface area contributed by atoms with Crippen molar-refractivity contribution in [3.63, 3.8) is 0 Å². The minimum atomic E-state index is -0.212. The molecule has 0 aliphatic carbocycles. The van der Waals surface area contributed by atoms with Crippen molar-refractivity contribution in [2.75, 3.05) is 5.32 Å². The highest BCUT2D eigenvalue weighted by atomic mass is 16.4. The molecule has 2 N–H and O–H groups in total. The number of nitrogens with zero attached hydrogens (tertiary/aromatic N) is 2. The molecule has 0 aliphatic heterocycles. The van der Waals surface area contributed by atoms with Gasteiger partial charge in [-0.25, -0.2) is 0 Å². The van der Waals surface area contributed by atoms with E-state index in [1.54, 1.807) is 44.2 Å². The van der Waals surface area contributed by atoms with Crippen molar-refractivity contribution in [2.45, 2.75) is 20.8 Å². The van der Waals surface area contributed by atoms with Crippen LogP contribution in [0.2, 0.25) is 0 Å². The molecule has 1 aromatic carbocycles. The lowest BCUT2D eigenvalue weighted by Gasteiger charge is -2.09. The summed E-state index contributed by atoms with van der Waals surface area (Å²) in [6.45, 7) is 5.38. The van der Waals surface area contributed by atoms with Crippen LogP contribution in [0.4, 0.5) is 5.69 Å². The molecule has 108 valence electrons. The summed E-state index contributed by atoms with van der Waals surface area (Å²) in [5.74, 6) is -0.212. The Morgan fingerprint density at radius 2 is 2.00 bits per heavy atom. The van der Waals surface area contributed by atoms with Crippen molar-refractivity contribution in [3.05, 3.63) is 58.9 Å². The standard InChI is InChI=1S/C16H17N3O2/c1-10-7-8-15(12(3)17-10)16(20)18-14-6-4-5-13(9-14)11(2)19-21/h4-9,21H,1-3H3,(H,18,20). The fourth-order valence-corrected chi connectivity index (χ4v) is 2.00. The lowest BCUT2D eigenvalue weighted by molar-refractivity contribution is 0.102. The summed E-state index contributed by atoms with van der Waals surface area (Å²) < 4.78 is 0. The zero-order chi connectivity index (χ0) is 15.4. The van der Waals surface area contributed by atoms with Crippen molar-refractivity contribution in [3.8, 4) is 0 Å². The van der Waals surface area contributed by atoms with E-state index in [-0.39, 0.29) is 5.91 Å². The Hall–Kier alpha value is -2.69. The predicted octanol–water partition coefficient (Wildman–Crippen LogP) is 3.15. The van der Waals surface area contributed by atoms with Gasteiger partial charge in [0.1, 0.15) is 0 Å². The molecule has 1 amide bonds. The van der Waals surface area contributed by atoms with Gasteiger partial charge in [-0.3, -0.25) is 9.78 Å². The predicted molar refractivity (Wildman–Crippen MR) is 82.1 cm³/mol. The minimum absolute atomic E-state index is 0.212. The largest absolute Gasteiger partial charge is 0.411 e. The summed E-state index contributed by atoms with van der Waals surface area (Å²) in [5.41, 5.74) is 3.98. The molecule has 0 saturated carbocycles. The Kier molecular flexibility index (Phi) is 4.33. The van der Waals surface area contributed by atoms with Crippen LogP contribution in [0.1, 0.15) is 34.2 Å². The van der Waals surface area contributed by atoms with E-state index in [4.69, 9.17) is 5.21 Å². The number of rotatable bonds is 3. The SMILES string of the molecule is CC(=NO)c1cccc(NC(=O)c2ccc(C)nc2C)c1. The van der Waals surface area contributed by atoms with E-state index in [2.05, 4.69) is 15.5 Å². The van der Waals surface area contributed by atoms with Crippen LogP contribution in [0.15, 0.2) is 41.6 Å². The normalized spacial score (nSPS) is 11.3. The van der Waals surface area contributed by atoms with Gasteiger partial charge in [-0.05, 0) is 45.0 Å². The van der Waals surface area contributed by atoms with Crippen LogP contribution >= 0.6 is 0 Å². The lowest BCUT2D eigenvalue weighted by Crippen LogP contribution is -2.14. The van der Waals surface area contributed by atoms with Gasteiger partial charge in [0.05, 0.1) is 17.0 Å². The summed E-state index contributed by atoms with van der Waals surface area (Å²) in [7, 11) is 0. The molecule has 2 aromatic rings. The molecule has 1 heterocycles. The molecule has 0 atom stereocenters. The quantitative estimate of drug-likeness (QED) is 0.516. The van der Waals surface area contributed by atoms with Crippen LogP contribution in [0.25, 0.3) is 0 Å². The number of nitrogens with one attached hydrogen (secondary N) is 1. The molecule has 2 rings (SSSR count). The van der Waals surface area contributed by atoms with Gasteiger partial charge in [0.15, 0.2) is 0 Å². The first kappa shape index (κ1) is 14.7. The van der Waals surface area contributed by atoms with Crippen molar-refractivity contribution in [1.29, 1.82) is 0 Å². The summed E-state index contributed by atoms with van der Waals surface area (Å²) in [6, 6.07) is 10.7. The van der Waals surface area contributed by atoms with E-state index in [9.17, 15) is 4.79 Å². The van der Waals surface area contributed by atoms with Crippen molar-refractivity contribution in [1.82, 2.24) is 4.98 Å². The van der Waals surface area contributed by atoms with Crippen LogP contribution in [-0.2, 0) is 0 Å². The molecule has 0 spiro atoms. The van der Waals surface area contributed by atoms with Gasteiger partial charge in [-0.1, -0.05) is 17.3 Å². The van der Waals surface area contributed by atoms with Gasteiger partial charge in [-0.2, -0.15) is 0 Å². The number of hydrogen-bond acceptors (Lipinski definition) is 4. The summed E-state index contributed by atoms with van der Waals surface area (Å²) in [6.07, 6.45) is 0. The molecule has 0 bridgehead atoms. The van der Waals surface area contributed by atoms with E-state index in [1.165, 1.54) is 0 Å². The second-order valence-electron chi connectivity index (χ2n) is 4.81.